The highest BCUT2D eigenvalue weighted by Crippen LogP contribution is 2.31. The molecule has 0 aromatic heterocycles. The van der Waals surface area contributed by atoms with Crippen LogP contribution in [-0.2, 0) is 6.54 Å². The zero-order valence-electron chi connectivity index (χ0n) is 11.1. The maximum atomic E-state index is 10.8. The van der Waals surface area contributed by atoms with Gasteiger partial charge in [0.25, 0.3) is 5.69 Å². The maximum Gasteiger partial charge on any atom is 0.272 e. The van der Waals surface area contributed by atoms with Gasteiger partial charge in [-0.1, -0.05) is 23.2 Å². The van der Waals surface area contributed by atoms with Crippen LogP contribution in [0.25, 0.3) is 0 Å². The molecule has 2 rings (SSSR count). The summed E-state index contributed by atoms with van der Waals surface area (Å²) in [6.45, 7) is 1.96. The van der Waals surface area contributed by atoms with Crippen molar-refractivity contribution in [1.29, 1.82) is 0 Å². The van der Waals surface area contributed by atoms with E-state index in [4.69, 9.17) is 23.2 Å². The third-order valence-corrected chi connectivity index (χ3v) is 3.49. The molecule has 0 aliphatic rings. The Kier molecular flexibility index (Phi) is 4.55. The lowest BCUT2D eigenvalue weighted by Gasteiger charge is -2.10. The Balaban J connectivity index is 2.17. The summed E-state index contributed by atoms with van der Waals surface area (Å²) in [5.41, 5.74) is 1.87. The monoisotopic (exact) mass is 326 g/mol. The van der Waals surface area contributed by atoms with Crippen LogP contribution in [0.15, 0.2) is 30.3 Å². The first-order valence-electron chi connectivity index (χ1n) is 6.04. The lowest BCUT2D eigenvalue weighted by atomic mass is 10.1. The van der Waals surface area contributed by atoms with Crippen molar-refractivity contribution in [3.05, 3.63) is 61.6 Å². The summed E-state index contributed by atoms with van der Waals surface area (Å²) in [6.07, 6.45) is 0. The van der Waals surface area contributed by atoms with Crippen molar-refractivity contribution in [2.75, 3.05) is 5.32 Å². The summed E-state index contributed by atoms with van der Waals surface area (Å²) in [7, 11) is 0. The van der Waals surface area contributed by atoms with Crippen molar-refractivity contribution < 1.29 is 10.0 Å². The topological polar surface area (TPSA) is 75.4 Å². The zero-order valence-corrected chi connectivity index (χ0v) is 12.6. The second-order valence-electron chi connectivity index (χ2n) is 4.51. The van der Waals surface area contributed by atoms with Crippen molar-refractivity contribution in [3.8, 4) is 5.75 Å². The lowest BCUT2D eigenvalue weighted by molar-refractivity contribution is -0.385. The molecule has 2 aromatic rings. The van der Waals surface area contributed by atoms with Gasteiger partial charge in [0.05, 0.1) is 9.95 Å². The van der Waals surface area contributed by atoms with Crippen LogP contribution in [-0.4, -0.2) is 10.0 Å². The number of phenolic OH excluding ortho intramolecular Hbond substituents is 1. The lowest BCUT2D eigenvalue weighted by Crippen LogP contribution is -2.01. The van der Waals surface area contributed by atoms with Gasteiger partial charge in [-0.2, -0.15) is 0 Å². The van der Waals surface area contributed by atoms with Gasteiger partial charge in [0, 0.05) is 34.4 Å². The quantitative estimate of drug-likeness (QED) is 0.639. The smallest absolute Gasteiger partial charge is 0.272 e. The van der Waals surface area contributed by atoms with E-state index in [0.717, 1.165) is 0 Å². The van der Waals surface area contributed by atoms with Crippen molar-refractivity contribution in [1.82, 2.24) is 0 Å². The van der Waals surface area contributed by atoms with Crippen LogP contribution in [0.2, 0.25) is 10.0 Å². The molecule has 5 nitrogen and oxygen atoms in total. The normalized spacial score (nSPS) is 10.4. The van der Waals surface area contributed by atoms with Gasteiger partial charge in [-0.15, -0.1) is 0 Å². The zero-order chi connectivity index (χ0) is 15.6. The van der Waals surface area contributed by atoms with Gasteiger partial charge in [-0.25, -0.2) is 0 Å². The Hall–Kier alpha value is -1.98. The second-order valence-corrected chi connectivity index (χ2v) is 5.35. The molecule has 7 heteroatoms. The number of benzene rings is 2. The van der Waals surface area contributed by atoms with Gasteiger partial charge in [0.15, 0.2) is 0 Å². The molecule has 0 atom stereocenters. The molecule has 110 valence electrons. The Morgan fingerprint density at radius 1 is 1.29 bits per heavy atom. The van der Waals surface area contributed by atoms with E-state index in [-0.39, 0.29) is 16.5 Å². The summed E-state index contributed by atoms with van der Waals surface area (Å²) in [4.78, 5) is 10.3. The predicted molar refractivity (Wildman–Crippen MR) is 83.3 cm³/mol. The van der Waals surface area contributed by atoms with Crippen LogP contribution in [0.1, 0.15) is 11.1 Å². The Bertz CT molecular complexity index is 705. The molecule has 0 aliphatic carbocycles. The average molecular weight is 327 g/mol. The summed E-state index contributed by atoms with van der Waals surface area (Å²) >= 11 is 11.7. The molecule has 0 unspecified atom stereocenters. The second kappa shape index (κ2) is 6.20. The highest BCUT2D eigenvalue weighted by Gasteiger charge is 2.11. The third-order valence-electron chi connectivity index (χ3n) is 2.98. The van der Waals surface area contributed by atoms with Crippen LogP contribution in [0.5, 0.6) is 5.75 Å². The molecule has 0 aliphatic heterocycles. The number of hydrogen-bond acceptors (Lipinski definition) is 4. The number of hydrogen-bond donors (Lipinski definition) is 2. The molecule has 0 radical (unpaired) electrons. The SMILES string of the molecule is Cc1cc(NCc2cc(Cl)cc(Cl)c2O)ccc1[N+](=O)[O-]. The number of aromatic hydroxyl groups is 1. The first-order chi connectivity index (χ1) is 9.88. The number of anilines is 1. The van der Waals surface area contributed by atoms with Crippen molar-refractivity contribution in [2.45, 2.75) is 13.5 Å². The summed E-state index contributed by atoms with van der Waals surface area (Å²) in [5.74, 6) is -0.0350. The number of aryl methyl sites for hydroxylation is 1. The first kappa shape index (κ1) is 15.4. The van der Waals surface area contributed by atoms with E-state index in [1.165, 1.54) is 12.1 Å². The third kappa shape index (κ3) is 3.56. The van der Waals surface area contributed by atoms with Gasteiger partial charge in [0.1, 0.15) is 5.75 Å². The molecule has 0 amide bonds. The fourth-order valence-electron chi connectivity index (χ4n) is 1.92. The number of nitrogens with zero attached hydrogens (tertiary/aromatic N) is 1. The van der Waals surface area contributed by atoms with Gasteiger partial charge in [-0.05, 0) is 31.2 Å². The summed E-state index contributed by atoms with van der Waals surface area (Å²) < 4.78 is 0. The molecule has 0 heterocycles. The van der Waals surface area contributed by atoms with Crippen molar-refractivity contribution >= 4 is 34.6 Å². The Morgan fingerprint density at radius 3 is 2.62 bits per heavy atom. The summed E-state index contributed by atoms with van der Waals surface area (Å²) in [6, 6.07) is 7.77. The van der Waals surface area contributed by atoms with E-state index in [0.29, 0.717) is 28.4 Å². The Morgan fingerprint density at radius 2 is 2.00 bits per heavy atom. The minimum atomic E-state index is -0.429. The number of rotatable bonds is 4. The number of nitro benzene ring substituents is 1. The van der Waals surface area contributed by atoms with Crippen LogP contribution >= 0.6 is 23.2 Å². The Labute approximate surface area is 131 Å². The van der Waals surface area contributed by atoms with Gasteiger partial charge in [-0.3, -0.25) is 10.1 Å². The largest absolute Gasteiger partial charge is 0.506 e. The average Bonchev–Trinajstić information content (AvgIpc) is 2.40. The van der Waals surface area contributed by atoms with E-state index in [2.05, 4.69) is 5.32 Å². The molecular weight excluding hydrogens is 315 g/mol. The van der Waals surface area contributed by atoms with E-state index in [9.17, 15) is 15.2 Å². The minimum Gasteiger partial charge on any atom is -0.506 e. The van der Waals surface area contributed by atoms with Gasteiger partial charge in [0.2, 0.25) is 0 Å². The fraction of sp³-hybridized carbons (Fsp3) is 0.143. The number of phenols is 1. The molecule has 2 aromatic carbocycles. The van der Waals surface area contributed by atoms with E-state index in [1.54, 1.807) is 25.1 Å². The number of nitro groups is 1. The van der Waals surface area contributed by atoms with E-state index in [1.807, 2.05) is 0 Å². The van der Waals surface area contributed by atoms with Crippen LogP contribution in [0.4, 0.5) is 11.4 Å². The maximum absolute atomic E-state index is 10.8. The molecular formula is C14H12Cl2N2O3. The standard InChI is InChI=1S/C14H12Cl2N2O3/c1-8-4-11(2-3-13(8)18(20)21)17-7-9-5-10(15)6-12(16)14(9)19/h2-6,17,19H,7H2,1H3. The number of nitrogens with one attached hydrogen (secondary N) is 1. The molecule has 21 heavy (non-hydrogen) atoms. The first-order valence-corrected chi connectivity index (χ1v) is 6.80. The van der Waals surface area contributed by atoms with Crippen LogP contribution in [0.3, 0.4) is 0 Å². The highest BCUT2D eigenvalue weighted by molar-refractivity contribution is 6.35. The minimum absolute atomic E-state index is 0.0350. The molecule has 0 fully saturated rings. The van der Waals surface area contributed by atoms with Crippen LogP contribution < -0.4 is 5.32 Å². The molecule has 2 N–H and O–H groups in total. The molecule has 0 spiro atoms. The van der Waals surface area contributed by atoms with Gasteiger partial charge >= 0.3 is 0 Å². The van der Waals surface area contributed by atoms with Gasteiger partial charge < -0.3 is 10.4 Å². The van der Waals surface area contributed by atoms with Crippen LogP contribution in [0, 0.1) is 17.0 Å². The molecule has 0 saturated carbocycles. The fourth-order valence-corrected chi connectivity index (χ4v) is 2.46. The highest BCUT2D eigenvalue weighted by atomic mass is 35.5. The van der Waals surface area contributed by atoms with E-state index >= 15 is 0 Å². The van der Waals surface area contributed by atoms with Crippen molar-refractivity contribution in [3.63, 3.8) is 0 Å². The van der Waals surface area contributed by atoms with E-state index < -0.39 is 4.92 Å². The summed E-state index contributed by atoms with van der Waals surface area (Å²) in [5, 5.41) is 24.3. The number of halogens is 2. The van der Waals surface area contributed by atoms with Crippen molar-refractivity contribution in [2.24, 2.45) is 0 Å². The molecule has 0 saturated heterocycles. The molecule has 0 bridgehead atoms. The predicted octanol–water partition coefficient (Wildman–Crippen LogP) is 4.53.